The molecule has 1 aliphatic heterocycles. The van der Waals surface area contributed by atoms with Crippen LogP contribution in [0.25, 0.3) is 6.08 Å². The standard InChI is InChI=1S/C36H35BrN2O5S/c1-6-9-27-18-25(19-29(42-7-2)33(27)44-21-24-12-16-28(37)17-13-24)20-30-34(40)39-32(26-14-10-22(4)11-15-26)31(35(41)43-8-3)23(5)38-36(39)45-30/h6,10-20,32H,1,7-9,21H2,2-5H3/b30-20+/t32-/m1/s1. The van der Waals surface area contributed by atoms with Crippen molar-refractivity contribution in [2.45, 2.75) is 46.8 Å². The van der Waals surface area contributed by atoms with E-state index in [0.717, 1.165) is 32.3 Å². The number of esters is 1. The lowest BCUT2D eigenvalue weighted by molar-refractivity contribution is -0.139. The first-order chi connectivity index (χ1) is 21.7. The van der Waals surface area contributed by atoms with E-state index in [1.54, 1.807) is 18.4 Å². The number of hydrogen-bond acceptors (Lipinski definition) is 7. The lowest BCUT2D eigenvalue weighted by Gasteiger charge is -2.24. The molecule has 7 nitrogen and oxygen atoms in total. The second-order valence-electron chi connectivity index (χ2n) is 10.6. The van der Waals surface area contributed by atoms with Crippen LogP contribution in [-0.4, -0.2) is 23.8 Å². The van der Waals surface area contributed by atoms with E-state index in [1.165, 1.54) is 11.3 Å². The van der Waals surface area contributed by atoms with E-state index >= 15 is 0 Å². The topological polar surface area (TPSA) is 79.1 Å². The maximum Gasteiger partial charge on any atom is 0.338 e. The third-order valence-corrected chi connectivity index (χ3v) is 8.83. The molecule has 9 heteroatoms. The second kappa shape index (κ2) is 14.3. The number of rotatable bonds is 11. The van der Waals surface area contributed by atoms with Crippen molar-refractivity contribution in [1.29, 1.82) is 0 Å². The number of aryl methyl sites for hydroxylation is 1. The highest BCUT2D eigenvalue weighted by Crippen LogP contribution is 2.35. The summed E-state index contributed by atoms with van der Waals surface area (Å²) in [7, 11) is 0. The molecule has 0 saturated heterocycles. The third kappa shape index (κ3) is 7.05. The molecule has 0 radical (unpaired) electrons. The summed E-state index contributed by atoms with van der Waals surface area (Å²) in [6.45, 7) is 12.4. The van der Waals surface area contributed by atoms with Crippen molar-refractivity contribution in [2.24, 2.45) is 4.99 Å². The normalized spacial score (nSPS) is 14.5. The van der Waals surface area contributed by atoms with Crippen LogP contribution in [0, 0.1) is 6.92 Å². The summed E-state index contributed by atoms with van der Waals surface area (Å²) in [6.07, 6.45) is 4.21. The lowest BCUT2D eigenvalue weighted by atomic mass is 9.95. The van der Waals surface area contributed by atoms with Gasteiger partial charge in [-0.25, -0.2) is 9.79 Å². The van der Waals surface area contributed by atoms with Crippen LogP contribution in [0.5, 0.6) is 11.5 Å². The maximum absolute atomic E-state index is 14.1. The molecule has 45 heavy (non-hydrogen) atoms. The quantitative estimate of drug-likeness (QED) is 0.132. The molecule has 4 aromatic rings. The molecule has 0 unspecified atom stereocenters. The summed E-state index contributed by atoms with van der Waals surface area (Å²) < 4.78 is 20.8. The van der Waals surface area contributed by atoms with Gasteiger partial charge in [-0.2, -0.15) is 0 Å². The largest absolute Gasteiger partial charge is 0.490 e. The first-order valence-electron chi connectivity index (χ1n) is 14.8. The number of nitrogens with zero attached hydrogens (tertiary/aromatic N) is 2. The van der Waals surface area contributed by atoms with Crippen LogP contribution in [-0.2, 0) is 22.6 Å². The van der Waals surface area contributed by atoms with Crippen LogP contribution < -0.4 is 24.4 Å². The monoisotopic (exact) mass is 686 g/mol. The number of fused-ring (bicyclic) bond motifs is 1. The highest BCUT2D eigenvalue weighted by atomic mass is 79.9. The summed E-state index contributed by atoms with van der Waals surface area (Å²) in [4.78, 5) is 32.5. The molecule has 232 valence electrons. The molecule has 1 atom stereocenters. The number of ether oxygens (including phenoxy) is 3. The zero-order valence-electron chi connectivity index (χ0n) is 25.8. The van der Waals surface area contributed by atoms with Crippen molar-refractivity contribution in [3.63, 3.8) is 0 Å². The van der Waals surface area contributed by atoms with Crippen molar-refractivity contribution in [2.75, 3.05) is 13.2 Å². The van der Waals surface area contributed by atoms with Gasteiger partial charge in [0.15, 0.2) is 16.3 Å². The average molecular weight is 688 g/mol. The number of benzene rings is 3. The minimum Gasteiger partial charge on any atom is -0.490 e. The molecule has 1 aromatic heterocycles. The highest BCUT2D eigenvalue weighted by molar-refractivity contribution is 9.10. The molecule has 0 bridgehead atoms. The number of thiazole rings is 1. The van der Waals surface area contributed by atoms with Gasteiger partial charge in [-0.3, -0.25) is 9.36 Å². The van der Waals surface area contributed by atoms with Gasteiger partial charge in [0.25, 0.3) is 5.56 Å². The molecule has 0 spiro atoms. The van der Waals surface area contributed by atoms with Crippen molar-refractivity contribution in [3.8, 4) is 11.5 Å². The Hall–Kier alpha value is -4.21. The molecule has 1 aliphatic rings. The molecule has 0 fully saturated rings. The summed E-state index contributed by atoms with van der Waals surface area (Å²) in [5.74, 6) is 0.756. The average Bonchev–Trinajstić information content (AvgIpc) is 3.31. The molecular formula is C36H35BrN2O5S. The van der Waals surface area contributed by atoms with Gasteiger partial charge in [-0.05, 0) is 81.1 Å². The Morgan fingerprint density at radius 3 is 2.44 bits per heavy atom. The van der Waals surface area contributed by atoms with E-state index in [-0.39, 0.29) is 12.2 Å². The molecule has 2 heterocycles. The van der Waals surface area contributed by atoms with Gasteiger partial charge < -0.3 is 14.2 Å². The number of aromatic nitrogens is 1. The molecule has 0 N–H and O–H groups in total. The third-order valence-electron chi connectivity index (χ3n) is 7.32. The predicted octanol–water partition coefficient (Wildman–Crippen LogP) is 6.58. The Kier molecular flexibility index (Phi) is 10.2. The van der Waals surface area contributed by atoms with E-state index in [9.17, 15) is 9.59 Å². The van der Waals surface area contributed by atoms with Crippen molar-refractivity contribution in [1.82, 2.24) is 4.57 Å². The van der Waals surface area contributed by atoms with Crippen LogP contribution >= 0.6 is 27.3 Å². The molecule has 5 rings (SSSR count). The van der Waals surface area contributed by atoms with Gasteiger partial charge in [0, 0.05) is 10.0 Å². The fraction of sp³-hybridized carbons (Fsp3) is 0.250. The van der Waals surface area contributed by atoms with Gasteiger partial charge in [-0.15, -0.1) is 6.58 Å². The number of allylic oxidation sites excluding steroid dienone is 2. The molecular weight excluding hydrogens is 652 g/mol. The first-order valence-corrected chi connectivity index (χ1v) is 16.4. The number of hydrogen-bond donors (Lipinski definition) is 0. The van der Waals surface area contributed by atoms with Crippen molar-refractivity contribution < 1.29 is 19.0 Å². The van der Waals surface area contributed by atoms with E-state index in [2.05, 4.69) is 22.5 Å². The van der Waals surface area contributed by atoms with Gasteiger partial charge in [0.1, 0.15) is 6.61 Å². The van der Waals surface area contributed by atoms with Gasteiger partial charge in [0.05, 0.1) is 35.1 Å². The zero-order valence-corrected chi connectivity index (χ0v) is 28.2. The van der Waals surface area contributed by atoms with E-state index in [4.69, 9.17) is 19.2 Å². The number of carbonyl (C=O) groups excluding carboxylic acids is 1. The van der Waals surface area contributed by atoms with E-state index in [1.807, 2.05) is 86.7 Å². The van der Waals surface area contributed by atoms with Crippen LogP contribution in [0.2, 0.25) is 0 Å². The fourth-order valence-electron chi connectivity index (χ4n) is 5.24. The Morgan fingerprint density at radius 2 is 1.78 bits per heavy atom. The minimum absolute atomic E-state index is 0.221. The second-order valence-corrected chi connectivity index (χ2v) is 12.5. The van der Waals surface area contributed by atoms with Crippen LogP contribution in [0.4, 0.5) is 0 Å². The van der Waals surface area contributed by atoms with Crippen LogP contribution in [0.1, 0.15) is 54.6 Å². The summed E-state index contributed by atoms with van der Waals surface area (Å²) in [6, 6.07) is 19.0. The summed E-state index contributed by atoms with van der Waals surface area (Å²) in [5.41, 5.74) is 5.24. The summed E-state index contributed by atoms with van der Waals surface area (Å²) >= 11 is 4.76. The van der Waals surface area contributed by atoms with Gasteiger partial charge >= 0.3 is 5.97 Å². The van der Waals surface area contributed by atoms with E-state index < -0.39 is 12.0 Å². The number of carbonyl (C=O) groups is 1. The fourth-order valence-corrected chi connectivity index (χ4v) is 6.55. The molecule has 0 saturated carbocycles. The molecule has 0 aliphatic carbocycles. The van der Waals surface area contributed by atoms with E-state index in [0.29, 0.717) is 51.7 Å². The van der Waals surface area contributed by atoms with Crippen molar-refractivity contribution >= 4 is 39.3 Å². The Morgan fingerprint density at radius 1 is 1.04 bits per heavy atom. The first kappa shape index (κ1) is 32.2. The molecule has 0 amide bonds. The SMILES string of the molecule is C=CCc1cc(/C=c2/sc3n(c2=O)[C@H](c2ccc(C)cc2)C(C(=O)OCC)=C(C)N=3)cc(OCC)c1OCc1ccc(Br)cc1. The smallest absolute Gasteiger partial charge is 0.338 e. The van der Waals surface area contributed by atoms with Gasteiger partial charge in [0.2, 0.25) is 0 Å². The number of halogens is 1. The molecule has 3 aromatic carbocycles. The lowest BCUT2D eigenvalue weighted by Crippen LogP contribution is -2.39. The Balaban J connectivity index is 1.62. The summed E-state index contributed by atoms with van der Waals surface area (Å²) in [5, 5.41) is 0. The Bertz CT molecular complexity index is 1940. The van der Waals surface area contributed by atoms with Crippen molar-refractivity contribution in [3.05, 3.63) is 137 Å². The zero-order chi connectivity index (χ0) is 32.1. The minimum atomic E-state index is -0.659. The van der Waals surface area contributed by atoms with Gasteiger partial charge in [-0.1, -0.05) is 75.3 Å². The highest BCUT2D eigenvalue weighted by Gasteiger charge is 2.33. The van der Waals surface area contributed by atoms with Crippen LogP contribution in [0.3, 0.4) is 0 Å². The maximum atomic E-state index is 14.1. The Labute approximate surface area is 274 Å². The predicted molar refractivity (Wildman–Crippen MR) is 182 cm³/mol. The van der Waals surface area contributed by atoms with Crippen LogP contribution in [0.15, 0.2) is 98.8 Å².